The number of amidine groups is 1. The quantitative estimate of drug-likeness (QED) is 0.517. The maximum atomic E-state index is 12.8. The van der Waals surface area contributed by atoms with Crippen molar-refractivity contribution < 1.29 is 4.79 Å². The highest BCUT2D eigenvalue weighted by atomic mass is 79.9. The van der Waals surface area contributed by atoms with Crippen LogP contribution in [0.15, 0.2) is 33.7 Å². The molecular weight excluding hydrogens is 446 g/mol. The minimum atomic E-state index is 0.0594. The molecule has 0 aromatic heterocycles. The van der Waals surface area contributed by atoms with E-state index in [4.69, 9.17) is 4.99 Å². The van der Waals surface area contributed by atoms with E-state index in [1.807, 2.05) is 40.9 Å². The molecule has 1 amide bonds. The Morgan fingerprint density at radius 1 is 1.03 bits per heavy atom. The van der Waals surface area contributed by atoms with Gasteiger partial charge in [-0.25, -0.2) is 0 Å². The van der Waals surface area contributed by atoms with Crippen LogP contribution in [-0.2, 0) is 4.79 Å². The van der Waals surface area contributed by atoms with Crippen LogP contribution >= 0.6 is 27.7 Å². The van der Waals surface area contributed by atoms with Gasteiger partial charge in [0.1, 0.15) is 6.17 Å². The van der Waals surface area contributed by atoms with Crippen molar-refractivity contribution in [3.8, 4) is 0 Å². The zero-order valence-corrected chi connectivity index (χ0v) is 19.8. The lowest BCUT2D eigenvalue weighted by molar-refractivity contribution is -0.117. The van der Waals surface area contributed by atoms with Gasteiger partial charge in [0, 0.05) is 28.9 Å². The second-order valence-electron chi connectivity index (χ2n) is 8.56. The maximum absolute atomic E-state index is 12.8. The number of thioether (sulfide) groups is 1. The van der Waals surface area contributed by atoms with Crippen molar-refractivity contribution in [1.29, 1.82) is 0 Å². The van der Waals surface area contributed by atoms with Crippen LogP contribution < -0.4 is 4.90 Å². The molecule has 29 heavy (non-hydrogen) atoms. The standard InChI is InChI=1S/C23H32BrN3OS/c1-17(28)26(21-14-12-18(24)13-15-21)22-16-29-23(25-19-8-4-2-5-9-19)27(22)20-10-6-3-7-11-20/h12-15,19-20,22H,2-11,16H2,1H3. The summed E-state index contributed by atoms with van der Waals surface area (Å²) in [7, 11) is 0. The number of aliphatic imine (C=N–C) groups is 1. The maximum Gasteiger partial charge on any atom is 0.225 e. The molecule has 0 N–H and O–H groups in total. The summed E-state index contributed by atoms with van der Waals surface area (Å²) in [6.45, 7) is 1.70. The van der Waals surface area contributed by atoms with Gasteiger partial charge in [0.2, 0.25) is 5.91 Å². The van der Waals surface area contributed by atoms with Gasteiger partial charge >= 0.3 is 0 Å². The molecule has 0 spiro atoms. The van der Waals surface area contributed by atoms with E-state index in [-0.39, 0.29) is 12.1 Å². The first-order chi connectivity index (χ1) is 14.1. The molecule has 1 atom stereocenters. The summed E-state index contributed by atoms with van der Waals surface area (Å²) in [5.74, 6) is 1.01. The van der Waals surface area contributed by atoms with Gasteiger partial charge in [0.25, 0.3) is 0 Å². The largest absolute Gasteiger partial charge is 0.327 e. The van der Waals surface area contributed by atoms with Crippen molar-refractivity contribution in [3.63, 3.8) is 0 Å². The number of rotatable bonds is 4. The second kappa shape index (κ2) is 9.86. The summed E-state index contributed by atoms with van der Waals surface area (Å²) in [5, 5.41) is 1.19. The predicted molar refractivity (Wildman–Crippen MR) is 127 cm³/mol. The van der Waals surface area contributed by atoms with E-state index in [1.165, 1.54) is 69.4 Å². The molecule has 1 aromatic carbocycles. The van der Waals surface area contributed by atoms with Gasteiger partial charge in [-0.15, -0.1) is 0 Å². The zero-order valence-electron chi connectivity index (χ0n) is 17.4. The highest BCUT2D eigenvalue weighted by Gasteiger charge is 2.41. The average Bonchev–Trinajstić information content (AvgIpc) is 3.13. The Labute approximate surface area is 187 Å². The minimum absolute atomic E-state index is 0.0594. The lowest BCUT2D eigenvalue weighted by Crippen LogP contribution is -2.54. The van der Waals surface area contributed by atoms with Gasteiger partial charge in [-0.2, -0.15) is 0 Å². The molecule has 1 unspecified atom stereocenters. The first-order valence-electron chi connectivity index (χ1n) is 11.2. The van der Waals surface area contributed by atoms with Crippen LogP contribution in [0.3, 0.4) is 0 Å². The van der Waals surface area contributed by atoms with Crippen molar-refractivity contribution in [1.82, 2.24) is 4.90 Å². The summed E-state index contributed by atoms with van der Waals surface area (Å²) in [5.41, 5.74) is 0.978. The van der Waals surface area contributed by atoms with Crippen molar-refractivity contribution in [3.05, 3.63) is 28.7 Å². The Morgan fingerprint density at radius 3 is 2.28 bits per heavy atom. The average molecular weight is 479 g/mol. The molecule has 158 valence electrons. The fraction of sp³-hybridized carbons (Fsp3) is 0.652. The number of anilines is 1. The molecule has 2 saturated carbocycles. The van der Waals surface area contributed by atoms with E-state index >= 15 is 0 Å². The van der Waals surface area contributed by atoms with Crippen molar-refractivity contribution in [2.24, 2.45) is 4.99 Å². The van der Waals surface area contributed by atoms with E-state index in [9.17, 15) is 4.79 Å². The summed E-state index contributed by atoms with van der Waals surface area (Å²) < 4.78 is 1.04. The minimum Gasteiger partial charge on any atom is -0.327 e. The molecule has 1 aliphatic heterocycles. The lowest BCUT2D eigenvalue weighted by Gasteiger charge is -2.41. The number of hydrogen-bond donors (Lipinski definition) is 0. The topological polar surface area (TPSA) is 35.9 Å². The van der Waals surface area contributed by atoms with Gasteiger partial charge in [-0.1, -0.05) is 66.2 Å². The molecule has 2 aliphatic carbocycles. The summed E-state index contributed by atoms with van der Waals surface area (Å²) in [6, 6.07) is 9.11. The van der Waals surface area contributed by atoms with Gasteiger partial charge in [0.15, 0.2) is 5.17 Å². The Morgan fingerprint density at radius 2 is 1.66 bits per heavy atom. The Hall–Kier alpha value is -1.01. The van der Waals surface area contributed by atoms with Crippen molar-refractivity contribution in [2.45, 2.75) is 89.4 Å². The van der Waals surface area contributed by atoms with Crippen LogP contribution in [-0.4, -0.2) is 40.0 Å². The molecule has 4 nitrogen and oxygen atoms in total. The van der Waals surface area contributed by atoms with Gasteiger partial charge in [-0.3, -0.25) is 14.7 Å². The smallest absolute Gasteiger partial charge is 0.225 e. The predicted octanol–water partition coefficient (Wildman–Crippen LogP) is 6.20. The number of benzene rings is 1. The Balaban J connectivity index is 1.65. The van der Waals surface area contributed by atoms with E-state index in [2.05, 4.69) is 20.8 Å². The molecule has 1 saturated heterocycles. The normalized spacial score (nSPS) is 25.5. The molecule has 6 heteroatoms. The highest BCUT2D eigenvalue weighted by molar-refractivity contribution is 9.10. The molecule has 3 aliphatic rings. The third-order valence-electron chi connectivity index (χ3n) is 6.48. The van der Waals surface area contributed by atoms with Crippen LogP contribution in [0.4, 0.5) is 5.69 Å². The van der Waals surface area contributed by atoms with E-state index in [0.29, 0.717) is 12.1 Å². The molecule has 1 heterocycles. The number of hydrogen-bond acceptors (Lipinski definition) is 3. The van der Waals surface area contributed by atoms with Crippen LogP contribution in [0.25, 0.3) is 0 Å². The van der Waals surface area contributed by atoms with E-state index in [1.54, 1.807) is 6.92 Å². The van der Waals surface area contributed by atoms with Crippen molar-refractivity contribution in [2.75, 3.05) is 10.7 Å². The van der Waals surface area contributed by atoms with Gasteiger partial charge < -0.3 is 4.90 Å². The molecular formula is C23H32BrN3OS. The summed E-state index contributed by atoms with van der Waals surface area (Å²) >= 11 is 5.38. The number of amides is 1. The first-order valence-corrected chi connectivity index (χ1v) is 13.0. The Bertz CT molecular complexity index is 726. The van der Waals surface area contributed by atoms with E-state index < -0.39 is 0 Å². The zero-order chi connectivity index (χ0) is 20.2. The summed E-state index contributed by atoms with van der Waals surface area (Å²) in [6.07, 6.45) is 12.8. The molecule has 0 bridgehead atoms. The number of carbonyl (C=O) groups is 1. The SMILES string of the molecule is CC(=O)N(c1ccc(Br)cc1)C1CSC(=NC2CCCCC2)N1C1CCCCC1. The van der Waals surface area contributed by atoms with E-state index in [0.717, 1.165) is 15.9 Å². The molecule has 4 rings (SSSR count). The third kappa shape index (κ3) is 5.01. The number of halogens is 1. The van der Waals surface area contributed by atoms with Crippen LogP contribution in [0.5, 0.6) is 0 Å². The third-order valence-corrected chi connectivity index (χ3v) is 8.05. The first kappa shape index (κ1) is 21.2. The molecule has 1 aromatic rings. The Kier molecular flexibility index (Phi) is 7.22. The highest BCUT2D eigenvalue weighted by Crippen LogP contribution is 2.37. The lowest BCUT2D eigenvalue weighted by atomic mass is 9.94. The summed E-state index contributed by atoms with van der Waals surface area (Å²) in [4.78, 5) is 22.6. The van der Waals surface area contributed by atoms with Crippen LogP contribution in [0.2, 0.25) is 0 Å². The fourth-order valence-corrected chi connectivity index (χ4v) is 6.54. The van der Waals surface area contributed by atoms with Crippen LogP contribution in [0.1, 0.15) is 71.1 Å². The number of nitrogens with zero attached hydrogens (tertiary/aromatic N) is 3. The number of carbonyl (C=O) groups excluding carboxylic acids is 1. The monoisotopic (exact) mass is 477 g/mol. The molecule has 0 radical (unpaired) electrons. The fourth-order valence-electron chi connectivity index (χ4n) is 5.02. The molecule has 3 fully saturated rings. The second-order valence-corrected chi connectivity index (χ2v) is 10.5. The van der Waals surface area contributed by atoms with Crippen molar-refractivity contribution >= 4 is 44.5 Å². The van der Waals surface area contributed by atoms with Gasteiger partial charge in [-0.05, 0) is 49.9 Å². The van der Waals surface area contributed by atoms with Gasteiger partial charge in [0.05, 0.1) is 6.04 Å². The van der Waals surface area contributed by atoms with Crippen LogP contribution in [0, 0.1) is 0 Å².